The van der Waals surface area contributed by atoms with Gasteiger partial charge >= 0.3 is 0 Å². The van der Waals surface area contributed by atoms with Gasteiger partial charge in [0.15, 0.2) is 0 Å². The molecule has 0 aliphatic carbocycles. The lowest BCUT2D eigenvalue weighted by atomic mass is 10.2. The summed E-state index contributed by atoms with van der Waals surface area (Å²) in [7, 11) is -2.34. The van der Waals surface area contributed by atoms with Gasteiger partial charge < -0.3 is 10.1 Å². The second-order valence-corrected chi connectivity index (χ2v) is 11.9. The number of carbonyl (C=O) groups is 2. The summed E-state index contributed by atoms with van der Waals surface area (Å²) in [5.74, 6) is 0.0917. The number of methoxy groups -OCH3 is 1. The largest absolute Gasteiger partial charge is 0.497 e. The van der Waals surface area contributed by atoms with Gasteiger partial charge in [0.25, 0.3) is 15.9 Å². The molecule has 1 aliphatic rings. The standard InChI is InChI=1S/C26H25N5O5S3/c1-16-14-17(2)28-25(27-16)30-39(34,35)21-10-6-19(7-11-21)29-23(32)12-13-31-24(33)22(38-26(31)37)15-18-4-8-20(36-3)9-5-18/h4-11,14-15H,12-13H2,1-3H3,(H,29,32)(H,27,28,30)/b22-15+. The van der Waals surface area contributed by atoms with Crippen LogP contribution in [0.25, 0.3) is 6.08 Å². The summed E-state index contributed by atoms with van der Waals surface area (Å²) in [6.45, 7) is 3.60. The lowest BCUT2D eigenvalue weighted by Crippen LogP contribution is -2.31. The lowest BCUT2D eigenvalue weighted by Gasteiger charge is -2.14. The van der Waals surface area contributed by atoms with Crippen LogP contribution >= 0.6 is 24.0 Å². The van der Waals surface area contributed by atoms with Crippen molar-refractivity contribution in [3.8, 4) is 5.75 Å². The van der Waals surface area contributed by atoms with Crippen LogP contribution in [0.15, 0.2) is 64.4 Å². The zero-order valence-corrected chi connectivity index (χ0v) is 23.7. The van der Waals surface area contributed by atoms with Gasteiger partial charge in [0.2, 0.25) is 11.9 Å². The summed E-state index contributed by atoms with van der Waals surface area (Å²) in [6, 6.07) is 14.7. The van der Waals surface area contributed by atoms with Crippen LogP contribution in [0.2, 0.25) is 0 Å². The van der Waals surface area contributed by atoms with E-state index in [9.17, 15) is 18.0 Å². The fraction of sp³-hybridized carbons (Fsp3) is 0.192. The van der Waals surface area contributed by atoms with Crippen LogP contribution in [0.4, 0.5) is 11.6 Å². The molecule has 1 aliphatic heterocycles. The molecule has 3 aromatic rings. The zero-order chi connectivity index (χ0) is 28.2. The molecular weight excluding hydrogens is 559 g/mol. The maximum atomic E-state index is 12.8. The summed E-state index contributed by atoms with van der Waals surface area (Å²) < 4.78 is 33.3. The van der Waals surface area contributed by atoms with Crippen LogP contribution in [0.3, 0.4) is 0 Å². The van der Waals surface area contributed by atoms with Gasteiger partial charge in [-0.05, 0) is 68.0 Å². The molecule has 2 heterocycles. The Bertz CT molecular complexity index is 1540. The Morgan fingerprint density at radius 1 is 1.08 bits per heavy atom. The lowest BCUT2D eigenvalue weighted by molar-refractivity contribution is -0.122. The Morgan fingerprint density at radius 3 is 2.33 bits per heavy atom. The molecule has 13 heteroatoms. The summed E-state index contributed by atoms with van der Waals surface area (Å²) in [4.78, 5) is 35.4. The Labute approximate surface area is 235 Å². The number of anilines is 2. The fourth-order valence-electron chi connectivity index (χ4n) is 3.65. The van der Waals surface area contributed by atoms with Gasteiger partial charge in [-0.25, -0.2) is 23.1 Å². The van der Waals surface area contributed by atoms with E-state index in [1.165, 1.54) is 40.9 Å². The fourth-order valence-corrected chi connectivity index (χ4v) is 5.90. The van der Waals surface area contributed by atoms with Gasteiger partial charge in [-0.3, -0.25) is 14.5 Å². The highest BCUT2D eigenvalue weighted by atomic mass is 32.2. The van der Waals surface area contributed by atoms with E-state index in [1.807, 2.05) is 12.1 Å². The highest BCUT2D eigenvalue weighted by Crippen LogP contribution is 2.33. The number of carbonyl (C=O) groups excluding carboxylic acids is 2. The first-order valence-corrected chi connectivity index (χ1v) is 14.4. The smallest absolute Gasteiger partial charge is 0.266 e. The number of amides is 2. The van der Waals surface area contributed by atoms with E-state index < -0.39 is 10.0 Å². The van der Waals surface area contributed by atoms with Gasteiger partial charge in [0.05, 0.1) is 16.9 Å². The molecular formula is C26H25N5O5S3. The molecule has 39 heavy (non-hydrogen) atoms. The number of thioether (sulfide) groups is 1. The van der Waals surface area contributed by atoms with Crippen LogP contribution in [0.5, 0.6) is 5.75 Å². The number of nitrogens with one attached hydrogen (secondary N) is 2. The molecule has 2 aromatic carbocycles. The number of hydrogen-bond acceptors (Lipinski definition) is 9. The summed E-state index contributed by atoms with van der Waals surface area (Å²) in [5.41, 5.74) is 2.51. The molecule has 0 spiro atoms. The molecule has 0 saturated carbocycles. The van der Waals surface area contributed by atoms with Crippen LogP contribution < -0.4 is 14.8 Å². The number of aryl methyl sites for hydroxylation is 2. The van der Waals surface area contributed by atoms with Gasteiger partial charge in [0, 0.05) is 30.0 Å². The molecule has 0 radical (unpaired) electrons. The highest BCUT2D eigenvalue weighted by molar-refractivity contribution is 8.26. The number of benzene rings is 2. The van der Waals surface area contributed by atoms with E-state index in [1.54, 1.807) is 45.2 Å². The molecule has 1 fully saturated rings. The summed E-state index contributed by atoms with van der Waals surface area (Å²) in [6.07, 6.45) is 1.75. The monoisotopic (exact) mass is 583 g/mol. The molecule has 2 N–H and O–H groups in total. The average Bonchev–Trinajstić information content (AvgIpc) is 3.14. The van der Waals surface area contributed by atoms with Crippen molar-refractivity contribution in [1.29, 1.82) is 0 Å². The molecule has 2 amide bonds. The van der Waals surface area contributed by atoms with Crippen LogP contribution in [-0.2, 0) is 19.6 Å². The summed E-state index contributed by atoms with van der Waals surface area (Å²) >= 11 is 6.53. The van der Waals surface area contributed by atoms with E-state index in [0.29, 0.717) is 32.1 Å². The Balaban J connectivity index is 1.33. The van der Waals surface area contributed by atoms with Crippen molar-refractivity contribution < 1.29 is 22.7 Å². The van der Waals surface area contributed by atoms with Crippen molar-refractivity contribution in [3.63, 3.8) is 0 Å². The predicted molar refractivity (Wildman–Crippen MR) is 155 cm³/mol. The Morgan fingerprint density at radius 2 is 1.72 bits per heavy atom. The van der Waals surface area contributed by atoms with Crippen LogP contribution in [0, 0.1) is 13.8 Å². The minimum atomic E-state index is -3.92. The number of ether oxygens (including phenoxy) is 1. The molecule has 0 unspecified atom stereocenters. The van der Waals surface area contributed by atoms with E-state index in [2.05, 4.69) is 20.0 Å². The number of hydrogen-bond donors (Lipinski definition) is 2. The first-order valence-electron chi connectivity index (χ1n) is 11.7. The quantitative estimate of drug-likeness (QED) is 0.282. The number of sulfonamides is 1. The minimum Gasteiger partial charge on any atom is -0.497 e. The molecule has 1 saturated heterocycles. The summed E-state index contributed by atoms with van der Waals surface area (Å²) in [5, 5.41) is 2.71. The number of thiocarbonyl (C=S) groups is 1. The molecule has 0 bridgehead atoms. The molecule has 1 aromatic heterocycles. The highest BCUT2D eigenvalue weighted by Gasteiger charge is 2.32. The zero-order valence-electron chi connectivity index (χ0n) is 21.3. The Kier molecular flexibility index (Phi) is 8.63. The number of nitrogens with zero attached hydrogens (tertiary/aromatic N) is 3. The second kappa shape index (κ2) is 11.9. The second-order valence-electron chi connectivity index (χ2n) is 8.51. The first kappa shape index (κ1) is 28.2. The van der Waals surface area contributed by atoms with E-state index in [-0.39, 0.29) is 35.6 Å². The SMILES string of the molecule is COc1ccc(/C=C2/SC(=S)N(CCC(=O)Nc3ccc(S(=O)(=O)Nc4nc(C)cc(C)n4)cc3)C2=O)cc1. The molecule has 0 atom stereocenters. The minimum absolute atomic E-state index is 0.00785. The third kappa shape index (κ3) is 7.19. The van der Waals surface area contributed by atoms with Crippen molar-refractivity contribution in [1.82, 2.24) is 14.9 Å². The van der Waals surface area contributed by atoms with Crippen molar-refractivity contribution in [2.24, 2.45) is 0 Å². The van der Waals surface area contributed by atoms with Crippen molar-refractivity contribution in [3.05, 3.63) is 76.5 Å². The number of aromatic nitrogens is 2. The molecule has 202 valence electrons. The maximum absolute atomic E-state index is 12.8. The van der Waals surface area contributed by atoms with Crippen molar-refractivity contribution in [2.45, 2.75) is 25.2 Å². The third-order valence-electron chi connectivity index (χ3n) is 5.51. The van der Waals surface area contributed by atoms with Gasteiger partial charge in [0.1, 0.15) is 10.1 Å². The van der Waals surface area contributed by atoms with Crippen molar-refractivity contribution in [2.75, 3.05) is 23.7 Å². The van der Waals surface area contributed by atoms with Crippen LogP contribution in [-0.4, -0.2) is 53.1 Å². The van der Waals surface area contributed by atoms with Crippen molar-refractivity contribution >= 4 is 67.8 Å². The maximum Gasteiger partial charge on any atom is 0.266 e. The molecule has 4 rings (SSSR count). The van der Waals surface area contributed by atoms with Gasteiger partial charge in [-0.2, -0.15) is 0 Å². The third-order valence-corrected chi connectivity index (χ3v) is 8.23. The van der Waals surface area contributed by atoms with E-state index >= 15 is 0 Å². The van der Waals surface area contributed by atoms with Crippen LogP contribution in [0.1, 0.15) is 23.4 Å². The Hall–Kier alpha value is -3.81. The normalized spacial score (nSPS) is 14.5. The van der Waals surface area contributed by atoms with E-state index in [0.717, 1.165) is 5.56 Å². The average molecular weight is 584 g/mol. The number of rotatable bonds is 9. The van der Waals surface area contributed by atoms with E-state index in [4.69, 9.17) is 17.0 Å². The first-order chi connectivity index (χ1) is 18.5. The topological polar surface area (TPSA) is 131 Å². The van der Waals surface area contributed by atoms with Gasteiger partial charge in [-0.15, -0.1) is 0 Å². The predicted octanol–water partition coefficient (Wildman–Crippen LogP) is 4.13. The molecule has 10 nitrogen and oxygen atoms in total. The van der Waals surface area contributed by atoms with Gasteiger partial charge in [-0.1, -0.05) is 36.1 Å².